The standard InChI is InChI=1S/C14H18F3N/c1-18-12-6-4-2-3-5-9(12)10-7-8-11(15)14(17)13(10)16/h7-9,12,18H,2-6H2,1H3. The molecule has 1 fully saturated rings. The number of hydrogen-bond acceptors (Lipinski definition) is 1. The maximum atomic E-state index is 13.8. The lowest BCUT2D eigenvalue weighted by atomic mass is 9.87. The zero-order valence-corrected chi connectivity index (χ0v) is 10.5. The fourth-order valence-corrected chi connectivity index (χ4v) is 2.85. The Kier molecular flexibility index (Phi) is 4.27. The Labute approximate surface area is 105 Å². The van der Waals surface area contributed by atoms with Crippen molar-refractivity contribution in [2.24, 2.45) is 0 Å². The third kappa shape index (κ3) is 2.53. The van der Waals surface area contributed by atoms with E-state index >= 15 is 0 Å². The quantitative estimate of drug-likeness (QED) is 0.628. The van der Waals surface area contributed by atoms with E-state index < -0.39 is 17.5 Å². The molecule has 1 aliphatic rings. The average Bonchev–Trinajstić information content (AvgIpc) is 2.61. The summed E-state index contributed by atoms with van der Waals surface area (Å²) in [6.07, 6.45) is 4.96. The molecule has 0 saturated heterocycles. The average molecular weight is 257 g/mol. The Morgan fingerprint density at radius 3 is 2.44 bits per heavy atom. The van der Waals surface area contributed by atoms with Crippen LogP contribution in [0.3, 0.4) is 0 Å². The summed E-state index contributed by atoms with van der Waals surface area (Å²) in [7, 11) is 1.83. The fourth-order valence-electron chi connectivity index (χ4n) is 2.85. The van der Waals surface area contributed by atoms with Gasteiger partial charge in [-0.15, -0.1) is 0 Å². The van der Waals surface area contributed by atoms with Crippen molar-refractivity contribution in [1.29, 1.82) is 0 Å². The molecular formula is C14H18F3N. The minimum Gasteiger partial charge on any atom is -0.316 e. The van der Waals surface area contributed by atoms with Gasteiger partial charge in [0.05, 0.1) is 0 Å². The lowest BCUT2D eigenvalue weighted by molar-refractivity contribution is 0.399. The molecule has 1 nitrogen and oxygen atoms in total. The molecule has 18 heavy (non-hydrogen) atoms. The molecule has 0 amide bonds. The van der Waals surface area contributed by atoms with Crippen LogP contribution in [0.15, 0.2) is 12.1 Å². The van der Waals surface area contributed by atoms with Crippen LogP contribution in [-0.2, 0) is 0 Å². The second-order valence-corrected chi connectivity index (χ2v) is 4.90. The van der Waals surface area contributed by atoms with Gasteiger partial charge in [0.1, 0.15) is 0 Å². The van der Waals surface area contributed by atoms with E-state index in [1.165, 1.54) is 6.07 Å². The number of nitrogens with one attached hydrogen (secondary N) is 1. The summed E-state index contributed by atoms with van der Waals surface area (Å²) in [6.45, 7) is 0. The van der Waals surface area contributed by atoms with Crippen LogP contribution >= 0.6 is 0 Å². The largest absolute Gasteiger partial charge is 0.316 e. The molecule has 0 aromatic heterocycles. The highest BCUT2D eigenvalue weighted by Crippen LogP contribution is 2.34. The van der Waals surface area contributed by atoms with E-state index in [1.807, 2.05) is 7.05 Å². The Balaban J connectivity index is 2.36. The summed E-state index contributed by atoms with van der Waals surface area (Å²) in [5.41, 5.74) is 0.301. The number of benzene rings is 1. The molecule has 0 heterocycles. The van der Waals surface area contributed by atoms with Crippen molar-refractivity contribution in [2.75, 3.05) is 7.05 Å². The Morgan fingerprint density at radius 2 is 1.72 bits per heavy atom. The van der Waals surface area contributed by atoms with Crippen molar-refractivity contribution in [3.63, 3.8) is 0 Å². The summed E-state index contributed by atoms with van der Waals surface area (Å²) in [5.74, 6) is -3.58. The van der Waals surface area contributed by atoms with Crippen LogP contribution in [0.4, 0.5) is 13.2 Å². The molecule has 100 valence electrons. The minimum atomic E-state index is -1.35. The second kappa shape index (κ2) is 5.74. The first kappa shape index (κ1) is 13.4. The topological polar surface area (TPSA) is 12.0 Å². The molecule has 0 spiro atoms. The lowest BCUT2D eigenvalue weighted by Gasteiger charge is -2.25. The summed E-state index contributed by atoms with van der Waals surface area (Å²) in [6, 6.07) is 2.53. The van der Waals surface area contributed by atoms with Crippen LogP contribution in [0, 0.1) is 17.5 Å². The Hall–Kier alpha value is -1.03. The van der Waals surface area contributed by atoms with E-state index in [4.69, 9.17) is 0 Å². The van der Waals surface area contributed by atoms with Gasteiger partial charge in [-0.05, 0) is 31.5 Å². The highest BCUT2D eigenvalue weighted by Gasteiger charge is 2.28. The van der Waals surface area contributed by atoms with E-state index in [0.29, 0.717) is 5.56 Å². The van der Waals surface area contributed by atoms with Gasteiger partial charge in [-0.1, -0.05) is 25.3 Å². The smallest absolute Gasteiger partial charge is 0.194 e. The predicted octanol–water partition coefficient (Wildman–Crippen LogP) is 3.74. The van der Waals surface area contributed by atoms with E-state index in [-0.39, 0.29) is 12.0 Å². The van der Waals surface area contributed by atoms with E-state index in [0.717, 1.165) is 38.2 Å². The van der Waals surface area contributed by atoms with E-state index in [1.54, 1.807) is 0 Å². The fraction of sp³-hybridized carbons (Fsp3) is 0.571. The maximum absolute atomic E-state index is 13.8. The Morgan fingerprint density at radius 1 is 1.00 bits per heavy atom. The van der Waals surface area contributed by atoms with Crippen LogP contribution < -0.4 is 5.32 Å². The number of halogens is 3. The van der Waals surface area contributed by atoms with Crippen molar-refractivity contribution in [2.45, 2.75) is 44.1 Å². The zero-order valence-electron chi connectivity index (χ0n) is 10.5. The molecule has 1 aromatic rings. The molecule has 1 aromatic carbocycles. The molecule has 4 heteroatoms. The Bertz CT molecular complexity index is 420. The third-order valence-corrected chi connectivity index (χ3v) is 3.85. The summed E-state index contributed by atoms with van der Waals surface area (Å²) in [4.78, 5) is 0. The van der Waals surface area contributed by atoms with E-state index in [9.17, 15) is 13.2 Å². The van der Waals surface area contributed by atoms with Gasteiger partial charge in [-0.2, -0.15) is 0 Å². The van der Waals surface area contributed by atoms with Crippen molar-refractivity contribution in [1.82, 2.24) is 5.32 Å². The van der Waals surface area contributed by atoms with Gasteiger partial charge in [-0.3, -0.25) is 0 Å². The van der Waals surface area contributed by atoms with Crippen molar-refractivity contribution >= 4 is 0 Å². The zero-order chi connectivity index (χ0) is 13.1. The van der Waals surface area contributed by atoms with Gasteiger partial charge in [0.15, 0.2) is 17.5 Å². The van der Waals surface area contributed by atoms with Crippen LogP contribution in [0.25, 0.3) is 0 Å². The van der Waals surface area contributed by atoms with Gasteiger partial charge >= 0.3 is 0 Å². The molecular weight excluding hydrogens is 239 g/mol. The monoisotopic (exact) mass is 257 g/mol. The highest BCUT2D eigenvalue weighted by atomic mass is 19.2. The molecule has 1 saturated carbocycles. The second-order valence-electron chi connectivity index (χ2n) is 4.90. The molecule has 0 bridgehead atoms. The lowest BCUT2D eigenvalue weighted by Crippen LogP contribution is -2.32. The van der Waals surface area contributed by atoms with Crippen molar-refractivity contribution < 1.29 is 13.2 Å². The van der Waals surface area contributed by atoms with Gasteiger partial charge in [0, 0.05) is 12.0 Å². The number of hydrogen-bond donors (Lipinski definition) is 1. The molecule has 0 aliphatic heterocycles. The number of likely N-dealkylation sites (N-methyl/N-ethyl adjacent to an activating group) is 1. The first-order chi connectivity index (χ1) is 8.65. The predicted molar refractivity (Wildman–Crippen MR) is 65.0 cm³/mol. The molecule has 2 rings (SSSR count). The molecule has 2 atom stereocenters. The molecule has 2 unspecified atom stereocenters. The van der Waals surface area contributed by atoms with Crippen molar-refractivity contribution in [3.05, 3.63) is 35.1 Å². The highest BCUT2D eigenvalue weighted by molar-refractivity contribution is 5.25. The summed E-state index contributed by atoms with van der Waals surface area (Å²) >= 11 is 0. The summed E-state index contributed by atoms with van der Waals surface area (Å²) < 4.78 is 40.1. The summed E-state index contributed by atoms with van der Waals surface area (Å²) in [5, 5.41) is 3.17. The van der Waals surface area contributed by atoms with Crippen LogP contribution in [0.2, 0.25) is 0 Å². The van der Waals surface area contributed by atoms with Crippen LogP contribution in [0.1, 0.15) is 43.6 Å². The van der Waals surface area contributed by atoms with Crippen LogP contribution in [-0.4, -0.2) is 13.1 Å². The minimum absolute atomic E-state index is 0.0763. The molecule has 1 aliphatic carbocycles. The van der Waals surface area contributed by atoms with Gasteiger partial charge < -0.3 is 5.32 Å². The van der Waals surface area contributed by atoms with E-state index in [2.05, 4.69) is 5.32 Å². The number of rotatable bonds is 2. The van der Waals surface area contributed by atoms with Gasteiger partial charge in [0.25, 0.3) is 0 Å². The van der Waals surface area contributed by atoms with Gasteiger partial charge in [0.2, 0.25) is 0 Å². The molecule has 0 radical (unpaired) electrons. The van der Waals surface area contributed by atoms with Crippen LogP contribution in [0.5, 0.6) is 0 Å². The first-order valence-electron chi connectivity index (χ1n) is 6.45. The normalized spacial score (nSPS) is 24.9. The molecule has 1 N–H and O–H groups in total. The first-order valence-corrected chi connectivity index (χ1v) is 6.45. The third-order valence-electron chi connectivity index (χ3n) is 3.85. The van der Waals surface area contributed by atoms with Gasteiger partial charge in [-0.25, -0.2) is 13.2 Å². The van der Waals surface area contributed by atoms with Crippen molar-refractivity contribution in [3.8, 4) is 0 Å². The SMILES string of the molecule is CNC1CCCCCC1c1ccc(F)c(F)c1F. The maximum Gasteiger partial charge on any atom is 0.194 e.